The zero-order valence-electron chi connectivity index (χ0n) is 8.03. The predicted octanol–water partition coefficient (Wildman–Crippen LogP) is 3.31. The number of hydrogen-bond acceptors (Lipinski definition) is 1. The van der Waals surface area contributed by atoms with Gasteiger partial charge in [-0.1, -0.05) is 37.1 Å². The fourth-order valence-electron chi connectivity index (χ4n) is 1.44. The Bertz CT molecular complexity index is 323. The maximum absolute atomic E-state index is 11.0. The van der Waals surface area contributed by atoms with Gasteiger partial charge in [0.2, 0.25) is 0 Å². The molecule has 0 bridgehead atoms. The normalized spacial score (nSPS) is 12.4. The first-order valence-corrected chi connectivity index (χ1v) is 5.01. The quantitative estimate of drug-likeness (QED) is 0.832. The van der Waals surface area contributed by atoms with Gasteiger partial charge in [0, 0.05) is 5.02 Å². The van der Waals surface area contributed by atoms with Gasteiger partial charge in [0.25, 0.3) is 0 Å². The number of carboxylic acid groups (broad SMARTS) is 1. The molecule has 1 N–H and O–H groups in total. The van der Waals surface area contributed by atoms with Crippen LogP contribution in [0, 0.1) is 0 Å². The van der Waals surface area contributed by atoms with E-state index in [4.69, 9.17) is 16.7 Å². The van der Waals surface area contributed by atoms with Crippen LogP contribution >= 0.6 is 11.6 Å². The van der Waals surface area contributed by atoms with E-state index in [1.807, 2.05) is 6.92 Å². The van der Waals surface area contributed by atoms with Gasteiger partial charge in [0.05, 0.1) is 5.92 Å². The molecule has 2 nitrogen and oxygen atoms in total. The molecule has 76 valence electrons. The maximum Gasteiger partial charge on any atom is 0.310 e. The molecule has 0 saturated carbocycles. The molecular weight excluding hydrogens is 200 g/mol. The van der Waals surface area contributed by atoms with Crippen LogP contribution in [0.4, 0.5) is 0 Å². The van der Waals surface area contributed by atoms with Crippen molar-refractivity contribution in [2.45, 2.75) is 25.7 Å². The number of carboxylic acids is 1. The molecule has 0 aliphatic heterocycles. The third-order valence-corrected chi connectivity index (χ3v) is 2.36. The van der Waals surface area contributed by atoms with Crippen molar-refractivity contribution in [2.24, 2.45) is 0 Å². The smallest absolute Gasteiger partial charge is 0.310 e. The van der Waals surface area contributed by atoms with Crippen LogP contribution in [0.2, 0.25) is 5.02 Å². The molecule has 1 aromatic rings. The Hall–Kier alpha value is -1.02. The molecule has 0 aromatic heterocycles. The van der Waals surface area contributed by atoms with E-state index in [0.717, 1.165) is 12.0 Å². The SMILES string of the molecule is CCC[C@@H](C(=O)O)c1cccc(Cl)c1. The molecule has 0 aliphatic carbocycles. The minimum atomic E-state index is -0.783. The molecule has 3 heteroatoms. The lowest BCUT2D eigenvalue weighted by atomic mass is 9.95. The van der Waals surface area contributed by atoms with Gasteiger partial charge in [0.1, 0.15) is 0 Å². The Morgan fingerprint density at radius 3 is 2.79 bits per heavy atom. The molecule has 0 aliphatic rings. The number of aliphatic carboxylic acids is 1. The molecular formula is C11H13ClO2. The van der Waals surface area contributed by atoms with Crippen molar-refractivity contribution in [3.8, 4) is 0 Å². The highest BCUT2D eigenvalue weighted by molar-refractivity contribution is 6.30. The van der Waals surface area contributed by atoms with Crippen molar-refractivity contribution >= 4 is 17.6 Å². The van der Waals surface area contributed by atoms with E-state index in [1.165, 1.54) is 0 Å². The summed E-state index contributed by atoms with van der Waals surface area (Å²) in [5.41, 5.74) is 0.784. The Labute approximate surface area is 88.5 Å². The summed E-state index contributed by atoms with van der Waals surface area (Å²) >= 11 is 5.80. The lowest BCUT2D eigenvalue weighted by Crippen LogP contribution is -2.11. The van der Waals surface area contributed by atoms with Gasteiger partial charge in [0.15, 0.2) is 0 Å². The average molecular weight is 213 g/mol. The molecule has 0 radical (unpaired) electrons. The number of benzene rings is 1. The Morgan fingerprint density at radius 2 is 2.29 bits per heavy atom. The topological polar surface area (TPSA) is 37.3 Å². The second-order valence-corrected chi connectivity index (χ2v) is 3.67. The van der Waals surface area contributed by atoms with E-state index in [1.54, 1.807) is 24.3 Å². The summed E-state index contributed by atoms with van der Waals surface area (Å²) in [6, 6.07) is 7.05. The summed E-state index contributed by atoms with van der Waals surface area (Å²) in [6.45, 7) is 1.97. The molecule has 0 unspecified atom stereocenters. The standard InChI is InChI=1S/C11H13ClO2/c1-2-4-10(11(13)14)8-5-3-6-9(12)7-8/h3,5-7,10H,2,4H2,1H3,(H,13,14)/t10-/m1/s1. The fraction of sp³-hybridized carbons (Fsp3) is 0.364. The van der Waals surface area contributed by atoms with Crippen LogP contribution in [-0.2, 0) is 4.79 Å². The van der Waals surface area contributed by atoms with Crippen molar-refractivity contribution in [1.82, 2.24) is 0 Å². The minimum Gasteiger partial charge on any atom is -0.481 e. The summed E-state index contributed by atoms with van der Waals surface area (Å²) in [4.78, 5) is 11.0. The lowest BCUT2D eigenvalue weighted by Gasteiger charge is -2.11. The van der Waals surface area contributed by atoms with Gasteiger partial charge in [-0.25, -0.2) is 0 Å². The molecule has 1 atom stereocenters. The van der Waals surface area contributed by atoms with E-state index in [-0.39, 0.29) is 0 Å². The summed E-state index contributed by atoms with van der Waals surface area (Å²) in [5, 5.41) is 9.59. The van der Waals surface area contributed by atoms with Crippen molar-refractivity contribution < 1.29 is 9.90 Å². The molecule has 0 fully saturated rings. The van der Waals surface area contributed by atoms with Gasteiger partial charge in [-0.15, -0.1) is 0 Å². The zero-order chi connectivity index (χ0) is 10.6. The Kier molecular flexibility index (Phi) is 3.96. The third-order valence-electron chi connectivity index (χ3n) is 2.13. The maximum atomic E-state index is 11.0. The van der Waals surface area contributed by atoms with E-state index < -0.39 is 11.9 Å². The monoisotopic (exact) mass is 212 g/mol. The Morgan fingerprint density at radius 1 is 1.57 bits per heavy atom. The van der Waals surface area contributed by atoms with E-state index in [0.29, 0.717) is 11.4 Å². The molecule has 0 saturated heterocycles. The van der Waals surface area contributed by atoms with Crippen LogP contribution in [0.3, 0.4) is 0 Å². The van der Waals surface area contributed by atoms with Gasteiger partial charge in [-0.2, -0.15) is 0 Å². The van der Waals surface area contributed by atoms with E-state index in [9.17, 15) is 4.79 Å². The number of rotatable bonds is 4. The van der Waals surface area contributed by atoms with Gasteiger partial charge < -0.3 is 5.11 Å². The van der Waals surface area contributed by atoms with E-state index in [2.05, 4.69) is 0 Å². The minimum absolute atomic E-state index is 0.432. The van der Waals surface area contributed by atoms with Crippen molar-refractivity contribution in [1.29, 1.82) is 0 Å². The molecule has 0 spiro atoms. The zero-order valence-corrected chi connectivity index (χ0v) is 8.79. The highest BCUT2D eigenvalue weighted by Gasteiger charge is 2.18. The van der Waals surface area contributed by atoms with Crippen molar-refractivity contribution in [2.75, 3.05) is 0 Å². The van der Waals surface area contributed by atoms with E-state index >= 15 is 0 Å². The molecule has 1 aromatic carbocycles. The van der Waals surface area contributed by atoms with Gasteiger partial charge in [-0.05, 0) is 24.1 Å². The predicted molar refractivity (Wildman–Crippen MR) is 56.7 cm³/mol. The summed E-state index contributed by atoms with van der Waals surface area (Å²) in [7, 11) is 0. The van der Waals surface area contributed by atoms with Crippen LogP contribution in [0.1, 0.15) is 31.2 Å². The van der Waals surface area contributed by atoms with Gasteiger partial charge in [-0.3, -0.25) is 4.79 Å². The average Bonchev–Trinajstić information content (AvgIpc) is 2.13. The van der Waals surface area contributed by atoms with Gasteiger partial charge >= 0.3 is 5.97 Å². The van der Waals surface area contributed by atoms with Crippen LogP contribution in [0.15, 0.2) is 24.3 Å². The highest BCUT2D eigenvalue weighted by atomic mass is 35.5. The van der Waals surface area contributed by atoms with Crippen LogP contribution in [0.5, 0.6) is 0 Å². The lowest BCUT2D eigenvalue weighted by molar-refractivity contribution is -0.139. The van der Waals surface area contributed by atoms with Crippen LogP contribution in [0.25, 0.3) is 0 Å². The summed E-state index contributed by atoms with van der Waals surface area (Å²) in [5.74, 6) is -1.21. The van der Waals surface area contributed by atoms with Crippen LogP contribution < -0.4 is 0 Å². The number of carbonyl (C=O) groups is 1. The fourth-order valence-corrected chi connectivity index (χ4v) is 1.64. The van der Waals surface area contributed by atoms with Crippen LogP contribution in [-0.4, -0.2) is 11.1 Å². The molecule has 0 amide bonds. The first-order chi connectivity index (χ1) is 6.65. The molecule has 0 heterocycles. The highest BCUT2D eigenvalue weighted by Crippen LogP contribution is 2.23. The molecule has 14 heavy (non-hydrogen) atoms. The summed E-state index contributed by atoms with van der Waals surface area (Å²) < 4.78 is 0. The van der Waals surface area contributed by atoms with Crippen molar-refractivity contribution in [3.05, 3.63) is 34.9 Å². The second kappa shape index (κ2) is 5.01. The largest absolute Gasteiger partial charge is 0.481 e. The Balaban J connectivity index is 2.93. The number of hydrogen-bond donors (Lipinski definition) is 1. The first kappa shape index (κ1) is 11.1. The summed E-state index contributed by atoms with van der Waals surface area (Å²) in [6.07, 6.45) is 1.50. The molecule has 1 rings (SSSR count). The van der Waals surface area contributed by atoms with Crippen molar-refractivity contribution in [3.63, 3.8) is 0 Å². The third kappa shape index (κ3) is 2.74. The first-order valence-electron chi connectivity index (χ1n) is 4.63. The second-order valence-electron chi connectivity index (χ2n) is 3.23. The number of halogens is 1.